The molecule has 7 nitrogen and oxygen atoms in total. The van der Waals surface area contributed by atoms with Gasteiger partial charge in [-0.15, -0.1) is 0 Å². The van der Waals surface area contributed by atoms with Crippen molar-refractivity contribution in [3.05, 3.63) is 94.7 Å². The number of H-pyrrole nitrogens is 1. The van der Waals surface area contributed by atoms with E-state index in [2.05, 4.69) is 48.3 Å². The van der Waals surface area contributed by atoms with Crippen LogP contribution in [0.2, 0.25) is 0 Å². The van der Waals surface area contributed by atoms with Gasteiger partial charge in [-0.25, -0.2) is 0 Å². The number of hydrogen-bond donors (Lipinski definition) is 2. The number of hydrogen-bond acceptors (Lipinski definition) is 5. The third-order valence-corrected chi connectivity index (χ3v) is 7.03. The quantitative estimate of drug-likeness (QED) is 0.326. The van der Waals surface area contributed by atoms with Gasteiger partial charge in [0.05, 0.1) is 20.3 Å². The SMILES string of the molecule is COc1ccc(CCN2C(=O)c3[nH]nc(-c4ccccc4O)c3[C@@H]2c2ccc(C(C)C)cc2)cc1OC. The number of methoxy groups -OCH3 is 2. The second-order valence-electron chi connectivity index (χ2n) is 9.54. The Balaban J connectivity index is 1.54. The number of carbonyl (C=O) groups is 1. The highest BCUT2D eigenvalue weighted by molar-refractivity contribution is 6.00. The van der Waals surface area contributed by atoms with E-state index in [1.807, 2.05) is 35.2 Å². The molecule has 1 atom stereocenters. The van der Waals surface area contributed by atoms with E-state index in [0.29, 0.717) is 47.3 Å². The van der Waals surface area contributed by atoms with Crippen LogP contribution in [0.15, 0.2) is 66.7 Å². The second-order valence-corrected chi connectivity index (χ2v) is 9.54. The molecule has 0 radical (unpaired) electrons. The van der Waals surface area contributed by atoms with Gasteiger partial charge in [-0.3, -0.25) is 9.89 Å². The fourth-order valence-electron chi connectivity index (χ4n) is 5.00. The number of para-hydroxylation sites is 1. The molecule has 0 fully saturated rings. The average molecular weight is 498 g/mol. The highest BCUT2D eigenvalue weighted by Crippen LogP contribution is 2.44. The number of phenols is 1. The second kappa shape index (κ2) is 10.0. The molecule has 0 bridgehead atoms. The number of aromatic nitrogens is 2. The molecule has 3 aromatic carbocycles. The molecule has 2 heterocycles. The maximum Gasteiger partial charge on any atom is 0.273 e. The van der Waals surface area contributed by atoms with Crippen LogP contribution < -0.4 is 9.47 Å². The lowest BCUT2D eigenvalue weighted by atomic mass is 9.93. The van der Waals surface area contributed by atoms with E-state index >= 15 is 0 Å². The zero-order chi connectivity index (χ0) is 26.1. The van der Waals surface area contributed by atoms with E-state index in [1.165, 1.54) is 5.56 Å². The lowest BCUT2D eigenvalue weighted by Gasteiger charge is -2.27. The van der Waals surface area contributed by atoms with Crippen LogP contribution >= 0.6 is 0 Å². The number of carbonyl (C=O) groups excluding carboxylic acids is 1. The zero-order valence-electron chi connectivity index (χ0n) is 21.5. The van der Waals surface area contributed by atoms with E-state index in [4.69, 9.17) is 9.47 Å². The molecule has 0 unspecified atom stereocenters. The first-order valence-electron chi connectivity index (χ1n) is 12.4. The third kappa shape index (κ3) is 4.42. The summed E-state index contributed by atoms with van der Waals surface area (Å²) in [5.41, 5.74) is 5.71. The highest BCUT2D eigenvalue weighted by atomic mass is 16.5. The first-order valence-corrected chi connectivity index (χ1v) is 12.4. The standard InChI is InChI=1S/C30H31N3O4/c1-18(2)20-10-12-21(13-11-20)29-26-27(22-7-5-6-8-23(22)34)31-32-28(26)30(35)33(29)16-15-19-9-14-24(36-3)25(17-19)37-4/h5-14,17-18,29,34H,15-16H2,1-4H3,(H,31,32)/t29-/m0/s1. The van der Waals surface area contributed by atoms with Crippen molar-refractivity contribution in [2.75, 3.05) is 20.8 Å². The molecule has 1 aromatic heterocycles. The van der Waals surface area contributed by atoms with E-state index < -0.39 is 0 Å². The Morgan fingerprint density at radius 1 is 1.00 bits per heavy atom. The first-order chi connectivity index (χ1) is 17.9. The average Bonchev–Trinajstić information content (AvgIpc) is 3.46. The van der Waals surface area contributed by atoms with E-state index in [9.17, 15) is 9.90 Å². The van der Waals surface area contributed by atoms with Crippen LogP contribution in [0.3, 0.4) is 0 Å². The Morgan fingerprint density at radius 3 is 2.41 bits per heavy atom. The molecule has 4 aromatic rings. The Labute approximate surface area is 216 Å². The number of amides is 1. The number of ether oxygens (including phenoxy) is 2. The van der Waals surface area contributed by atoms with Gasteiger partial charge in [0.2, 0.25) is 0 Å². The topological polar surface area (TPSA) is 87.7 Å². The molecule has 37 heavy (non-hydrogen) atoms. The number of aromatic amines is 1. The van der Waals surface area contributed by atoms with Gasteiger partial charge in [-0.1, -0.05) is 56.3 Å². The molecule has 1 aliphatic rings. The summed E-state index contributed by atoms with van der Waals surface area (Å²) in [6, 6.07) is 21.0. The first kappa shape index (κ1) is 24.4. The summed E-state index contributed by atoms with van der Waals surface area (Å²) in [5.74, 6) is 1.75. The normalized spacial score (nSPS) is 14.8. The van der Waals surface area contributed by atoms with Gasteiger partial charge in [0, 0.05) is 17.7 Å². The summed E-state index contributed by atoms with van der Waals surface area (Å²) in [6.45, 7) is 4.82. The summed E-state index contributed by atoms with van der Waals surface area (Å²) in [4.78, 5) is 15.6. The number of benzene rings is 3. The van der Waals surface area contributed by atoms with Crippen LogP contribution in [0.4, 0.5) is 0 Å². The molecule has 1 aliphatic heterocycles. The molecule has 0 saturated heterocycles. The van der Waals surface area contributed by atoms with Gasteiger partial charge < -0.3 is 19.5 Å². The molecule has 5 rings (SSSR count). The van der Waals surface area contributed by atoms with Gasteiger partial charge in [0.15, 0.2) is 11.5 Å². The number of phenolic OH excluding ortho intramolecular Hbond substituents is 1. The number of rotatable bonds is 8. The predicted octanol–water partition coefficient (Wildman–Crippen LogP) is 5.71. The monoisotopic (exact) mass is 497 g/mol. The lowest BCUT2D eigenvalue weighted by Crippen LogP contribution is -2.31. The Kier molecular flexibility index (Phi) is 6.61. The summed E-state index contributed by atoms with van der Waals surface area (Å²) in [6.07, 6.45) is 0.635. The number of nitrogens with zero attached hydrogens (tertiary/aromatic N) is 2. The minimum Gasteiger partial charge on any atom is -0.507 e. The van der Waals surface area contributed by atoms with Crippen molar-refractivity contribution in [2.24, 2.45) is 0 Å². The number of fused-ring (bicyclic) bond motifs is 1. The van der Waals surface area contributed by atoms with Gasteiger partial charge >= 0.3 is 0 Å². The Hall–Kier alpha value is -4.26. The molecule has 2 N–H and O–H groups in total. The Bertz CT molecular complexity index is 1430. The van der Waals surface area contributed by atoms with Gasteiger partial charge in [-0.05, 0) is 53.3 Å². The third-order valence-electron chi connectivity index (χ3n) is 7.03. The number of nitrogens with one attached hydrogen (secondary N) is 1. The fraction of sp³-hybridized carbons (Fsp3) is 0.267. The summed E-state index contributed by atoms with van der Waals surface area (Å²) in [7, 11) is 3.22. The summed E-state index contributed by atoms with van der Waals surface area (Å²) in [5, 5.41) is 18.0. The Morgan fingerprint density at radius 2 is 1.73 bits per heavy atom. The molecule has 0 spiro atoms. The minimum atomic E-state index is -0.336. The van der Waals surface area contributed by atoms with Crippen LogP contribution in [0.1, 0.15) is 58.5 Å². The van der Waals surface area contributed by atoms with Crippen molar-refractivity contribution in [1.82, 2.24) is 15.1 Å². The van der Waals surface area contributed by atoms with Crippen LogP contribution in [0.5, 0.6) is 17.2 Å². The van der Waals surface area contributed by atoms with Crippen LogP contribution in [0, 0.1) is 0 Å². The number of aromatic hydroxyl groups is 1. The fourth-order valence-corrected chi connectivity index (χ4v) is 5.00. The minimum absolute atomic E-state index is 0.109. The van der Waals surface area contributed by atoms with Crippen LogP contribution in [0.25, 0.3) is 11.3 Å². The maximum absolute atomic E-state index is 13.7. The molecule has 190 valence electrons. The van der Waals surface area contributed by atoms with Crippen molar-refractivity contribution in [3.63, 3.8) is 0 Å². The van der Waals surface area contributed by atoms with E-state index in [1.54, 1.807) is 26.4 Å². The maximum atomic E-state index is 13.7. The smallest absolute Gasteiger partial charge is 0.273 e. The van der Waals surface area contributed by atoms with E-state index in [0.717, 1.165) is 16.7 Å². The summed E-state index contributed by atoms with van der Waals surface area (Å²) >= 11 is 0. The molecule has 1 amide bonds. The molecule has 0 aliphatic carbocycles. The molecule has 7 heteroatoms. The van der Waals surface area contributed by atoms with Crippen molar-refractivity contribution >= 4 is 5.91 Å². The van der Waals surface area contributed by atoms with Gasteiger partial charge in [0.1, 0.15) is 17.1 Å². The van der Waals surface area contributed by atoms with Crippen LogP contribution in [-0.4, -0.2) is 46.9 Å². The summed E-state index contributed by atoms with van der Waals surface area (Å²) < 4.78 is 10.8. The molecule has 0 saturated carbocycles. The molecular weight excluding hydrogens is 466 g/mol. The van der Waals surface area contributed by atoms with Crippen molar-refractivity contribution < 1.29 is 19.4 Å². The van der Waals surface area contributed by atoms with Gasteiger partial charge in [0.25, 0.3) is 5.91 Å². The van der Waals surface area contributed by atoms with Crippen molar-refractivity contribution in [1.29, 1.82) is 0 Å². The highest BCUT2D eigenvalue weighted by Gasteiger charge is 2.42. The van der Waals surface area contributed by atoms with Gasteiger partial charge in [-0.2, -0.15) is 5.10 Å². The van der Waals surface area contributed by atoms with Crippen molar-refractivity contribution in [2.45, 2.75) is 32.2 Å². The molecular formula is C30H31N3O4. The van der Waals surface area contributed by atoms with Crippen LogP contribution in [-0.2, 0) is 6.42 Å². The van der Waals surface area contributed by atoms with Crippen molar-refractivity contribution in [3.8, 4) is 28.5 Å². The largest absolute Gasteiger partial charge is 0.507 e. The predicted molar refractivity (Wildman–Crippen MR) is 142 cm³/mol. The van der Waals surface area contributed by atoms with E-state index in [-0.39, 0.29) is 17.7 Å². The lowest BCUT2D eigenvalue weighted by molar-refractivity contribution is 0.0746. The zero-order valence-corrected chi connectivity index (χ0v) is 21.5.